The maximum atomic E-state index is 11.2. The first-order valence-corrected chi connectivity index (χ1v) is 8.30. The van der Waals surface area contributed by atoms with E-state index >= 15 is 0 Å². The average molecular weight is 292 g/mol. The SMILES string of the molecule is CCCCc1nc(Cl)c(CNCC(C)S(C)=O)[nH]1. The predicted molar refractivity (Wildman–Crippen MR) is 77.4 cm³/mol. The molecule has 104 valence electrons. The Balaban J connectivity index is 2.42. The Labute approximate surface area is 116 Å². The molecular weight excluding hydrogens is 270 g/mol. The molecular formula is C12H22ClN3OS. The van der Waals surface area contributed by atoms with Gasteiger partial charge >= 0.3 is 0 Å². The average Bonchev–Trinajstić information content (AvgIpc) is 2.67. The van der Waals surface area contributed by atoms with E-state index in [1.165, 1.54) is 0 Å². The van der Waals surface area contributed by atoms with Crippen LogP contribution in [0, 0.1) is 0 Å². The van der Waals surface area contributed by atoms with Crippen LogP contribution in [0.25, 0.3) is 0 Å². The summed E-state index contributed by atoms with van der Waals surface area (Å²) in [6.07, 6.45) is 4.91. The third-order valence-corrected chi connectivity index (χ3v) is 4.46. The van der Waals surface area contributed by atoms with Crippen molar-refractivity contribution in [3.63, 3.8) is 0 Å². The summed E-state index contributed by atoms with van der Waals surface area (Å²) in [5, 5.41) is 3.93. The van der Waals surface area contributed by atoms with Crippen molar-refractivity contribution in [2.24, 2.45) is 0 Å². The van der Waals surface area contributed by atoms with Crippen molar-refractivity contribution in [1.29, 1.82) is 0 Å². The van der Waals surface area contributed by atoms with E-state index in [1.807, 2.05) is 6.92 Å². The van der Waals surface area contributed by atoms with Gasteiger partial charge in [-0.1, -0.05) is 24.9 Å². The zero-order chi connectivity index (χ0) is 13.5. The molecule has 0 spiro atoms. The summed E-state index contributed by atoms with van der Waals surface area (Å²) < 4.78 is 11.2. The lowest BCUT2D eigenvalue weighted by Gasteiger charge is -2.08. The minimum atomic E-state index is -0.794. The first-order valence-electron chi connectivity index (χ1n) is 6.30. The number of aromatic nitrogens is 2. The summed E-state index contributed by atoms with van der Waals surface area (Å²) >= 11 is 6.06. The number of rotatable bonds is 8. The number of hydrogen-bond donors (Lipinski definition) is 2. The van der Waals surface area contributed by atoms with Crippen LogP contribution in [0.4, 0.5) is 0 Å². The molecule has 6 heteroatoms. The molecule has 0 aliphatic carbocycles. The molecule has 0 aliphatic rings. The number of hydrogen-bond acceptors (Lipinski definition) is 3. The van der Waals surface area contributed by atoms with E-state index in [4.69, 9.17) is 11.6 Å². The molecule has 1 aromatic heterocycles. The van der Waals surface area contributed by atoms with Crippen molar-refractivity contribution in [3.05, 3.63) is 16.7 Å². The zero-order valence-electron chi connectivity index (χ0n) is 11.3. The smallest absolute Gasteiger partial charge is 0.151 e. The highest BCUT2D eigenvalue weighted by atomic mass is 35.5. The van der Waals surface area contributed by atoms with Crippen molar-refractivity contribution in [1.82, 2.24) is 15.3 Å². The number of nitrogens with zero attached hydrogens (tertiary/aromatic N) is 1. The molecule has 0 saturated carbocycles. The molecule has 18 heavy (non-hydrogen) atoms. The summed E-state index contributed by atoms with van der Waals surface area (Å²) in [5.74, 6) is 0.950. The van der Waals surface area contributed by atoms with Gasteiger partial charge in [-0.05, 0) is 13.3 Å². The largest absolute Gasteiger partial charge is 0.344 e. The van der Waals surface area contributed by atoms with Crippen LogP contribution in [0.15, 0.2) is 0 Å². The zero-order valence-corrected chi connectivity index (χ0v) is 12.8. The van der Waals surface area contributed by atoms with Gasteiger partial charge in [0.15, 0.2) is 5.15 Å². The Kier molecular flexibility index (Phi) is 6.89. The number of aromatic amines is 1. The van der Waals surface area contributed by atoms with Crippen molar-refractivity contribution in [2.75, 3.05) is 12.8 Å². The molecule has 2 atom stereocenters. The Morgan fingerprint density at radius 1 is 1.56 bits per heavy atom. The second kappa shape index (κ2) is 7.92. The minimum Gasteiger partial charge on any atom is -0.344 e. The summed E-state index contributed by atoms with van der Waals surface area (Å²) in [6.45, 7) is 5.46. The molecule has 0 fully saturated rings. The molecule has 0 radical (unpaired) electrons. The highest BCUT2D eigenvalue weighted by molar-refractivity contribution is 7.84. The molecule has 0 amide bonds. The monoisotopic (exact) mass is 291 g/mol. The van der Waals surface area contributed by atoms with Gasteiger partial charge in [-0.2, -0.15) is 0 Å². The molecule has 0 saturated heterocycles. The van der Waals surface area contributed by atoms with Crippen LogP contribution in [0.5, 0.6) is 0 Å². The van der Waals surface area contributed by atoms with E-state index in [-0.39, 0.29) is 5.25 Å². The Hall–Kier alpha value is -0.390. The van der Waals surface area contributed by atoms with Gasteiger partial charge in [0.2, 0.25) is 0 Å². The maximum absolute atomic E-state index is 11.2. The lowest BCUT2D eigenvalue weighted by atomic mass is 10.2. The van der Waals surface area contributed by atoms with Crippen LogP contribution >= 0.6 is 11.6 Å². The highest BCUT2D eigenvalue weighted by Gasteiger charge is 2.09. The van der Waals surface area contributed by atoms with Crippen molar-refractivity contribution in [3.8, 4) is 0 Å². The van der Waals surface area contributed by atoms with Crippen LogP contribution in [0.1, 0.15) is 38.2 Å². The number of imidazole rings is 1. The normalized spacial score (nSPS) is 14.7. The molecule has 0 aliphatic heterocycles. The first kappa shape index (κ1) is 15.7. The van der Waals surface area contributed by atoms with Gasteiger partial charge in [0.25, 0.3) is 0 Å². The number of halogens is 1. The quantitative estimate of drug-likeness (QED) is 0.772. The molecule has 0 aromatic carbocycles. The number of aryl methyl sites for hydroxylation is 1. The van der Waals surface area contributed by atoms with Gasteiger partial charge in [-0.25, -0.2) is 4.98 Å². The molecule has 0 bridgehead atoms. The number of unbranched alkanes of at least 4 members (excludes halogenated alkanes) is 1. The van der Waals surface area contributed by atoms with Crippen LogP contribution in [-0.4, -0.2) is 32.2 Å². The van der Waals surface area contributed by atoms with Crippen molar-refractivity contribution in [2.45, 2.75) is 44.9 Å². The van der Waals surface area contributed by atoms with Gasteiger partial charge in [0.05, 0.1) is 5.69 Å². The standard InChI is InChI=1S/C12H22ClN3OS/c1-4-5-6-11-15-10(12(13)16-11)8-14-7-9(2)18(3)17/h9,14H,4-8H2,1-3H3,(H,15,16). The topological polar surface area (TPSA) is 57.8 Å². The fraction of sp³-hybridized carbons (Fsp3) is 0.750. The van der Waals surface area contributed by atoms with Crippen LogP contribution in [0.3, 0.4) is 0 Å². The van der Waals surface area contributed by atoms with E-state index in [1.54, 1.807) is 6.26 Å². The summed E-state index contributed by atoms with van der Waals surface area (Å²) in [4.78, 5) is 7.53. The van der Waals surface area contributed by atoms with Gasteiger partial charge < -0.3 is 10.3 Å². The molecule has 1 rings (SSSR count). The van der Waals surface area contributed by atoms with E-state index < -0.39 is 10.8 Å². The van der Waals surface area contributed by atoms with Crippen LogP contribution in [0.2, 0.25) is 5.15 Å². The van der Waals surface area contributed by atoms with Gasteiger partial charge in [-0.15, -0.1) is 0 Å². The van der Waals surface area contributed by atoms with Gasteiger partial charge in [-0.3, -0.25) is 4.21 Å². The van der Waals surface area contributed by atoms with Gasteiger partial charge in [0.1, 0.15) is 5.82 Å². The van der Waals surface area contributed by atoms with E-state index in [0.717, 1.165) is 30.8 Å². The Morgan fingerprint density at radius 3 is 2.89 bits per heavy atom. The fourth-order valence-electron chi connectivity index (χ4n) is 1.54. The lowest BCUT2D eigenvalue weighted by Crippen LogP contribution is -2.27. The van der Waals surface area contributed by atoms with Crippen LogP contribution in [-0.2, 0) is 23.8 Å². The highest BCUT2D eigenvalue weighted by Crippen LogP contribution is 2.13. The third-order valence-electron chi connectivity index (χ3n) is 2.84. The van der Waals surface area contributed by atoms with E-state index in [2.05, 4.69) is 22.2 Å². The summed E-state index contributed by atoms with van der Waals surface area (Å²) in [5.41, 5.74) is 0.914. The maximum Gasteiger partial charge on any atom is 0.151 e. The fourth-order valence-corrected chi connectivity index (χ4v) is 2.11. The second-order valence-corrected chi connectivity index (χ2v) is 6.66. The molecule has 1 heterocycles. The predicted octanol–water partition coefficient (Wildman–Crippen LogP) is 2.26. The summed E-state index contributed by atoms with van der Waals surface area (Å²) in [6, 6.07) is 0. The number of nitrogens with one attached hydrogen (secondary N) is 2. The van der Waals surface area contributed by atoms with E-state index in [9.17, 15) is 4.21 Å². The molecule has 4 nitrogen and oxygen atoms in total. The number of H-pyrrole nitrogens is 1. The van der Waals surface area contributed by atoms with E-state index in [0.29, 0.717) is 18.2 Å². The molecule has 2 N–H and O–H groups in total. The first-order chi connectivity index (χ1) is 8.54. The van der Waals surface area contributed by atoms with Crippen molar-refractivity contribution < 1.29 is 4.21 Å². The van der Waals surface area contributed by atoms with Crippen LogP contribution < -0.4 is 5.32 Å². The summed E-state index contributed by atoms with van der Waals surface area (Å²) in [7, 11) is -0.794. The Bertz CT molecular complexity index is 395. The van der Waals surface area contributed by atoms with Crippen molar-refractivity contribution >= 4 is 22.4 Å². The minimum absolute atomic E-state index is 0.145. The molecule has 2 unspecified atom stereocenters. The Morgan fingerprint density at radius 2 is 2.28 bits per heavy atom. The third kappa shape index (κ3) is 5.08. The lowest BCUT2D eigenvalue weighted by molar-refractivity contribution is 0.642. The molecule has 1 aromatic rings. The second-order valence-electron chi connectivity index (χ2n) is 4.50. The van der Waals surface area contributed by atoms with Gasteiger partial charge in [0, 0.05) is 41.8 Å².